The molecule has 1 rings (SSSR count). The second kappa shape index (κ2) is 5.43. The Balaban J connectivity index is 2.41. The summed E-state index contributed by atoms with van der Waals surface area (Å²) in [7, 11) is 0. The van der Waals surface area contributed by atoms with Crippen molar-refractivity contribution in [2.45, 2.75) is 53.1 Å². The number of nitrogens with one attached hydrogen (secondary N) is 1. The number of hydrogen-bond acceptors (Lipinski definition) is 3. The van der Waals surface area contributed by atoms with Gasteiger partial charge in [-0.2, -0.15) is 0 Å². The van der Waals surface area contributed by atoms with Crippen LogP contribution in [0.3, 0.4) is 0 Å². The van der Waals surface area contributed by atoms with Gasteiger partial charge in [-0.3, -0.25) is 0 Å². The molecule has 0 bridgehead atoms. The first-order valence-electron chi connectivity index (χ1n) is 6.06. The van der Waals surface area contributed by atoms with Crippen LogP contribution < -0.4 is 5.32 Å². The maximum Gasteiger partial charge on any atom is 0.0965 e. The maximum absolute atomic E-state index is 4.16. The molecule has 0 radical (unpaired) electrons. The lowest BCUT2D eigenvalue weighted by Crippen LogP contribution is -2.22. The van der Waals surface area contributed by atoms with Crippen LogP contribution in [0.4, 0.5) is 0 Å². The van der Waals surface area contributed by atoms with E-state index in [2.05, 4.69) is 50.2 Å². The average Bonchev–Trinajstić information content (AvgIpc) is 2.65. The Hall–Kier alpha value is -0.900. The van der Waals surface area contributed by atoms with Gasteiger partial charge in [-0.15, -0.1) is 5.10 Å². The highest BCUT2D eigenvalue weighted by atomic mass is 15.4. The highest BCUT2D eigenvalue weighted by molar-refractivity contribution is 4.94. The average molecular weight is 224 g/mol. The normalized spacial score (nSPS) is 14.1. The second-order valence-electron chi connectivity index (χ2n) is 5.47. The molecular formula is C12H24N4. The van der Waals surface area contributed by atoms with E-state index >= 15 is 0 Å². The van der Waals surface area contributed by atoms with Crippen LogP contribution in [0.2, 0.25) is 0 Å². The molecule has 1 N–H and O–H groups in total. The van der Waals surface area contributed by atoms with E-state index in [4.69, 9.17) is 0 Å². The molecule has 0 saturated carbocycles. The Morgan fingerprint density at radius 3 is 2.62 bits per heavy atom. The van der Waals surface area contributed by atoms with Crippen molar-refractivity contribution in [2.75, 3.05) is 6.54 Å². The molecular weight excluding hydrogens is 200 g/mol. The number of nitrogens with zero attached hydrogens (tertiary/aromatic N) is 3. The van der Waals surface area contributed by atoms with Crippen molar-refractivity contribution < 1.29 is 0 Å². The van der Waals surface area contributed by atoms with Crippen molar-refractivity contribution in [3.8, 4) is 0 Å². The molecule has 0 saturated heterocycles. The number of aromatic nitrogens is 3. The van der Waals surface area contributed by atoms with Crippen molar-refractivity contribution in [1.82, 2.24) is 20.3 Å². The van der Waals surface area contributed by atoms with Crippen molar-refractivity contribution in [1.29, 1.82) is 0 Å². The van der Waals surface area contributed by atoms with Gasteiger partial charge in [0.2, 0.25) is 0 Å². The fourth-order valence-electron chi connectivity index (χ4n) is 1.30. The molecule has 4 nitrogen and oxygen atoms in total. The molecule has 1 atom stereocenters. The number of hydrogen-bond donors (Lipinski definition) is 1. The second-order valence-corrected chi connectivity index (χ2v) is 5.47. The summed E-state index contributed by atoms with van der Waals surface area (Å²) in [6, 6.07) is 0. The van der Waals surface area contributed by atoms with Gasteiger partial charge in [0.25, 0.3) is 0 Å². The topological polar surface area (TPSA) is 42.7 Å². The molecule has 0 amide bonds. The predicted octanol–water partition coefficient (Wildman–Crippen LogP) is 2.17. The van der Waals surface area contributed by atoms with Crippen LogP contribution >= 0.6 is 0 Å². The van der Waals surface area contributed by atoms with Crippen molar-refractivity contribution in [2.24, 2.45) is 5.92 Å². The minimum Gasteiger partial charge on any atom is -0.311 e. The fourth-order valence-corrected chi connectivity index (χ4v) is 1.30. The highest BCUT2D eigenvalue weighted by Crippen LogP contribution is 2.11. The summed E-state index contributed by atoms with van der Waals surface area (Å²) < 4.78 is 1.91. The van der Waals surface area contributed by atoms with Crippen LogP contribution in [-0.2, 0) is 12.1 Å². The zero-order chi connectivity index (χ0) is 12.2. The van der Waals surface area contributed by atoms with Gasteiger partial charge >= 0.3 is 0 Å². The van der Waals surface area contributed by atoms with Gasteiger partial charge in [-0.25, -0.2) is 4.68 Å². The van der Waals surface area contributed by atoms with E-state index in [0.717, 1.165) is 24.7 Å². The Morgan fingerprint density at radius 1 is 1.44 bits per heavy atom. The summed E-state index contributed by atoms with van der Waals surface area (Å²) >= 11 is 0. The van der Waals surface area contributed by atoms with Crippen molar-refractivity contribution in [3.05, 3.63) is 11.9 Å². The molecule has 92 valence electrons. The SMILES string of the molecule is CCC(C)CNCc1cn(C(C)(C)C)nn1. The molecule has 0 spiro atoms. The van der Waals surface area contributed by atoms with E-state index in [0.29, 0.717) is 0 Å². The van der Waals surface area contributed by atoms with E-state index in [1.807, 2.05) is 10.9 Å². The first kappa shape index (κ1) is 13.2. The van der Waals surface area contributed by atoms with E-state index in [1.54, 1.807) is 0 Å². The fraction of sp³-hybridized carbons (Fsp3) is 0.833. The molecule has 0 aliphatic heterocycles. The van der Waals surface area contributed by atoms with Crippen LogP contribution in [0.5, 0.6) is 0 Å². The van der Waals surface area contributed by atoms with Crippen molar-refractivity contribution >= 4 is 0 Å². The summed E-state index contributed by atoms with van der Waals surface area (Å²) in [4.78, 5) is 0. The minimum atomic E-state index is 0.0158. The monoisotopic (exact) mass is 224 g/mol. The van der Waals surface area contributed by atoms with Crippen molar-refractivity contribution in [3.63, 3.8) is 0 Å². The third kappa shape index (κ3) is 3.93. The Labute approximate surface area is 98.4 Å². The Morgan fingerprint density at radius 2 is 2.12 bits per heavy atom. The Bertz CT molecular complexity index is 311. The van der Waals surface area contributed by atoms with Crippen LogP contribution in [-0.4, -0.2) is 21.5 Å². The van der Waals surface area contributed by atoms with E-state index in [9.17, 15) is 0 Å². The summed E-state index contributed by atoms with van der Waals surface area (Å²) in [6.07, 6.45) is 3.23. The quantitative estimate of drug-likeness (QED) is 0.833. The molecule has 0 aliphatic carbocycles. The molecule has 0 aliphatic rings. The molecule has 1 aromatic rings. The molecule has 1 heterocycles. The van der Waals surface area contributed by atoms with Crippen LogP contribution in [0.1, 0.15) is 46.7 Å². The van der Waals surface area contributed by atoms with E-state index in [1.165, 1.54) is 6.42 Å². The van der Waals surface area contributed by atoms with Gasteiger partial charge in [0, 0.05) is 6.54 Å². The third-order valence-corrected chi connectivity index (χ3v) is 2.72. The first-order valence-corrected chi connectivity index (χ1v) is 6.06. The van der Waals surface area contributed by atoms with Crippen LogP contribution in [0.15, 0.2) is 6.20 Å². The zero-order valence-corrected chi connectivity index (χ0v) is 11.1. The lowest BCUT2D eigenvalue weighted by molar-refractivity contribution is 0.347. The smallest absolute Gasteiger partial charge is 0.0965 e. The van der Waals surface area contributed by atoms with Gasteiger partial charge in [-0.1, -0.05) is 25.5 Å². The lowest BCUT2D eigenvalue weighted by atomic mass is 10.1. The van der Waals surface area contributed by atoms with E-state index in [-0.39, 0.29) is 5.54 Å². The van der Waals surface area contributed by atoms with Gasteiger partial charge in [0.15, 0.2) is 0 Å². The lowest BCUT2D eigenvalue weighted by Gasteiger charge is -2.17. The number of rotatable bonds is 5. The minimum absolute atomic E-state index is 0.0158. The third-order valence-electron chi connectivity index (χ3n) is 2.72. The van der Waals surface area contributed by atoms with Crippen LogP contribution in [0, 0.1) is 5.92 Å². The highest BCUT2D eigenvalue weighted by Gasteiger charge is 2.14. The largest absolute Gasteiger partial charge is 0.311 e. The summed E-state index contributed by atoms with van der Waals surface area (Å²) in [5.74, 6) is 0.720. The maximum atomic E-state index is 4.16. The molecule has 0 fully saturated rings. The molecule has 0 aromatic carbocycles. The summed E-state index contributed by atoms with van der Waals surface area (Å²) in [5.41, 5.74) is 1.03. The van der Waals surface area contributed by atoms with Gasteiger partial charge in [0.05, 0.1) is 17.4 Å². The summed E-state index contributed by atoms with van der Waals surface area (Å²) in [6.45, 7) is 12.7. The first-order chi connectivity index (χ1) is 7.43. The zero-order valence-electron chi connectivity index (χ0n) is 11.1. The molecule has 16 heavy (non-hydrogen) atoms. The molecule has 4 heteroatoms. The van der Waals surface area contributed by atoms with Gasteiger partial charge < -0.3 is 5.32 Å². The predicted molar refractivity (Wildman–Crippen MR) is 66.2 cm³/mol. The van der Waals surface area contributed by atoms with Gasteiger partial charge in [0.1, 0.15) is 0 Å². The molecule has 1 aromatic heterocycles. The van der Waals surface area contributed by atoms with Gasteiger partial charge in [-0.05, 0) is 33.2 Å². The Kier molecular flexibility index (Phi) is 4.47. The standard InChI is InChI=1S/C12H24N4/c1-6-10(2)7-13-8-11-9-16(15-14-11)12(3,4)5/h9-10,13H,6-8H2,1-5H3. The molecule has 1 unspecified atom stereocenters. The summed E-state index contributed by atoms with van der Waals surface area (Å²) in [5, 5.41) is 11.7. The van der Waals surface area contributed by atoms with Crippen LogP contribution in [0.25, 0.3) is 0 Å². The van der Waals surface area contributed by atoms with E-state index < -0.39 is 0 Å².